The number of hydrogen-bond donors (Lipinski definition) is 2. The molecule has 1 aromatic carbocycles. The van der Waals surface area contributed by atoms with Crippen LogP contribution < -0.4 is 15.7 Å². The second kappa shape index (κ2) is 6.33. The first-order valence-corrected chi connectivity index (χ1v) is 6.58. The van der Waals surface area contributed by atoms with E-state index in [0.717, 1.165) is 15.8 Å². The maximum absolute atomic E-state index is 11.3. The summed E-state index contributed by atoms with van der Waals surface area (Å²) in [6.45, 7) is 1.74. The van der Waals surface area contributed by atoms with Crippen LogP contribution in [0.25, 0.3) is 0 Å². The molecule has 0 bridgehead atoms. The molecule has 2 rings (SSSR count). The summed E-state index contributed by atoms with van der Waals surface area (Å²) in [6.07, 6.45) is 1.62. The number of halogens is 1. The smallest absolute Gasteiger partial charge is 0.252 e. The number of nitrogens with one attached hydrogen (secondary N) is 2. The largest absolute Gasteiger partial charge is 0.496 e. The van der Waals surface area contributed by atoms with Gasteiger partial charge in [0, 0.05) is 11.8 Å². The molecule has 0 spiro atoms. The summed E-state index contributed by atoms with van der Waals surface area (Å²) in [6, 6.07) is 6.98. The first kappa shape index (κ1) is 14.3. The molecule has 0 amide bonds. The summed E-state index contributed by atoms with van der Waals surface area (Å²) in [5, 5.41) is 4.02. The third-order valence-electron chi connectivity index (χ3n) is 2.43. The Hall–Kier alpha value is -2.15. The van der Waals surface area contributed by atoms with Crippen LogP contribution in [-0.4, -0.2) is 23.3 Å². The highest BCUT2D eigenvalue weighted by Crippen LogP contribution is 2.24. The van der Waals surface area contributed by atoms with Crippen LogP contribution in [0.5, 0.6) is 5.75 Å². The number of ether oxygens (including phenoxy) is 1. The molecule has 7 heteroatoms. The average Bonchev–Trinajstić information content (AvgIpc) is 2.38. The van der Waals surface area contributed by atoms with Gasteiger partial charge in [0.05, 0.1) is 17.8 Å². The summed E-state index contributed by atoms with van der Waals surface area (Å²) >= 11 is 3.40. The van der Waals surface area contributed by atoms with Gasteiger partial charge in [-0.2, -0.15) is 5.10 Å². The van der Waals surface area contributed by atoms with Crippen molar-refractivity contribution in [2.45, 2.75) is 6.92 Å². The van der Waals surface area contributed by atoms with E-state index < -0.39 is 0 Å². The van der Waals surface area contributed by atoms with Crippen LogP contribution in [0, 0.1) is 6.92 Å². The van der Waals surface area contributed by atoms with Gasteiger partial charge in [-0.3, -0.25) is 9.78 Å². The van der Waals surface area contributed by atoms with Crippen LogP contribution in [0.4, 0.5) is 5.95 Å². The second-order valence-electron chi connectivity index (χ2n) is 4.00. The monoisotopic (exact) mass is 336 g/mol. The van der Waals surface area contributed by atoms with E-state index >= 15 is 0 Å². The number of nitrogens with zero attached hydrogens (tertiary/aromatic N) is 2. The minimum absolute atomic E-state index is 0.220. The van der Waals surface area contributed by atoms with E-state index in [2.05, 4.69) is 36.4 Å². The molecule has 20 heavy (non-hydrogen) atoms. The van der Waals surface area contributed by atoms with Gasteiger partial charge in [-0.05, 0) is 46.6 Å². The molecule has 0 fully saturated rings. The number of aromatic amines is 1. The molecule has 0 saturated carbocycles. The minimum atomic E-state index is -0.220. The summed E-state index contributed by atoms with van der Waals surface area (Å²) in [5.41, 5.74) is 3.96. The first-order chi connectivity index (χ1) is 9.58. The molecule has 0 atom stereocenters. The van der Waals surface area contributed by atoms with Crippen LogP contribution in [0.15, 0.2) is 38.6 Å². The lowest BCUT2D eigenvalue weighted by molar-refractivity contribution is 0.412. The number of rotatable bonds is 4. The Bertz CT molecular complexity index is 697. The number of benzene rings is 1. The molecule has 104 valence electrons. The molecule has 0 aliphatic rings. The van der Waals surface area contributed by atoms with Gasteiger partial charge >= 0.3 is 0 Å². The summed E-state index contributed by atoms with van der Waals surface area (Å²) in [5.74, 6) is 1.05. The van der Waals surface area contributed by atoms with E-state index in [1.165, 1.54) is 6.07 Å². The van der Waals surface area contributed by atoms with Gasteiger partial charge in [0.25, 0.3) is 5.56 Å². The van der Waals surface area contributed by atoms with E-state index in [4.69, 9.17) is 4.74 Å². The van der Waals surface area contributed by atoms with Gasteiger partial charge in [0.2, 0.25) is 5.95 Å². The van der Waals surface area contributed by atoms with Gasteiger partial charge in [0.1, 0.15) is 5.75 Å². The van der Waals surface area contributed by atoms with Crippen molar-refractivity contribution in [3.05, 3.63) is 50.3 Å². The van der Waals surface area contributed by atoms with Crippen molar-refractivity contribution in [3.8, 4) is 5.75 Å². The molecule has 2 N–H and O–H groups in total. The molecule has 1 heterocycles. The third kappa shape index (κ3) is 3.67. The number of aromatic nitrogens is 2. The highest BCUT2D eigenvalue weighted by atomic mass is 79.9. The lowest BCUT2D eigenvalue weighted by Crippen LogP contribution is -2.10. The average molecular weight is 337 g/mol. The lowest BCUT2D eigenvalue weighted by Gasteiger charge is -2.03. The quantitative estimate of drug-likeness (QED) is 0.663. The Labute approximate surface area is 124 Å². The molecule has 6 nitrogen and oxygen atoms in total. The van der Waals surface area contributed by atoms with Crippen LogP contribution >= 0.6 is 15.9 Å². The van der Waals surface area contributed by atoms with Crippen LogP contribution in [0.1, 0.15) is 11.3 Å². The molecule has 0 aliphatic heterocycles. The normalized spacial score (nSPS) is 10.8. The van der Waals surface area contributed by atoms with Crippen molar-refractivity contribution in [3.63, 3.8) is 0 Å². The number of H-pyrrole nitrogens is 1. The van der Waals surface area contributed by atoms with E-state index in [1.807, 2.05) is 18.2 Å². The number of methoxy groups -OCH3 is 1. The highest BCUT2D eigenvalue weighted by Gasteiger charge is 1.99. The maximum atomic E-state index is 11.3. The van der Waals surface area contributed by atoms with E-state index in [-0.39, 0.29) is 5.56 Å². The summed E-state index contributed by atoms with van der Waals surface area (Å²) < 4.78 is 5.98. The SMILES string of the molecule is COc1ccc(/C=N\Nc2nc(C)cc(=O)[nH]2)cc1Br. The molecule has 0 saturated heterocycles. The highest BCUT2D eigenvalue weighted by molar-refractivity contribution is 9.10. The zero-order valence-corrected chi connectivity index (χ0v) is 12.6. The summed E-state index contributed by atoms with van der Waals surface area (Å²) in [7, 11) is 1.61. The van der Waals surface area contributed by atoms with Crippen molar-refractivity contribution in [2.75, 3.05) is 12.5 Å². The third-order valence-corrected chi connectivity index (χ3v) is 3.05. The zero-order valence-electron chi connectivity index (χ0n) is 11.0. The number of aryl methyl sites for hydroxylation is 1. The van der Waals surface area contributed by atoms with Crippen molar-refractivity contribution < 1.29 is 4.74 Å². The molecular formula is C13H13BrN4O2. The van der Waals surface area contributed by atoms with E-state index in [1.54, 1.807) is 20.2 Å². The standard InChI is InChI=1S/C13H13BrN4O2/c1-8-5-12(19)17-13(16-8)18-15-7-9-3-4-11(20-2)10(14)6-9/h3-7H,1-2H3,(H2,16,17,18,19)/b15-7-. The predicted molar refractivity (Wildman–Crippen MR) is 81.5 cm³/mol. The minimum Gasteiger partial charge on any atom is -0.496 e. The van der Waals surface area contributed by atoms with Gasteiger partial charge in [0.15, 0.2) is 0 Å². The Kier molecular flexibility index (Phi) is 4.52. The number of hydrazone groups is 1. The number of anilines is 1. The van der Waals surface area contributed by atoms with E-state index in [0.29, 0.717) is 11.6 Å². The van der Waals surface area contributed by atoms with Gasteiger partial charge in [-0.15, -0.1) is 0 Å². The van der Waals surface area contributed by atoms with Crippen LogP contribution in [-0.2, 0) is 0 Å². The molecule has 0 radical (unpaired) electrons. The maximum Gasteiger partial charge on any atom is 0.252 e. The fraction of sp³-hybridized carbons (Fsp3) is 0.154. The molecule has 1 aromatic heterocycles. The fourth-order valence-corrected chi connectivity index (χ4v) is 2.12. The van der Waals surface area contributed by atoms with Crippen molar-refractivity contribution in [1.82, 2.24) is 9.97 Å². The Balaban J connectivity index is 2.10. The predicted octanol–water partition coefficient (Wildman–Crippen LogP) is 2.30. The molecule has 0 unspecified atom stereocenters. The van der Waals surface area contributed by atoms with Gasteiger partial charge < -0.3 is 4.74 Å². The van der Waals surface area contributed by atoms with Crippen LogP contribution in [0.2, 0.25) is 0 Å². The Morgan fingerprint density at radius 2 is 2.25 bits per heavy atom. The molecule has 2 aromatic rings. The molecular weight excluding hydrogens is 324 g/mol. The number of hydrogen-bond acceptors (Lipinski definition) is 5. The van der Waals surface area contributed by atoms with E-state index in [9.17, 15) is 4.79 Å². The van der Waals surface area contributed by atoms with Crippen LogP contribution in [0.3, 0.4) is 0 Å². The first-order valence-electron chi connectivity index (χ1n) is 5.79. The zero-order chi connectivity index (χ0) is 14.5. The second-order valence-corrected chi connectivity index (χ2v) is 4.85. The fourth-order valence-electron chi connectivity index (χ4n) is 1.56. The lowest BCUT2D eigenvalue weighted by atomic mass is 10.2. The van der Waals surface area contributed by atoms with Gasteiger partial charge in [-0.25, -0.2) is 10.4 Å². The van der Waals surface area contributed by atoms with Crippen molar-refractivity contribution in [1.29, 1.82) is 0 Å². The van der Waals surface area contributed by atoms with Crippen molar-refractivity contribution in [2.24, 2.45) is 5.10 Å². The topological polar surface area (TPSA) is 79.4 Å². The molecule has 0 aliphatic carbocycles. The van der Waals surface area contributed by atoms with Gasteiger partial charge in [-0.1, -0.05) is 0 Å². The Morgan fingerprint density at radius 3 is 2.90 bits per heavy atom. The summed E-state index contributed by atoms with van der Waals surface area (Å²) in [4.78, 5) is 17.9. The van der Waals surface area contributed by atoms with Crippen molar-refractivity contribution >= 4 is 28.1 Å². The Morgan fingerprint density at radius 1 is 1.45 bits per heavy atom.